The lowest BCUT2D eigenvalue weighted by Gasteiger charge is -2.37. The minimum Gasteiger partial charge on any atom is -0.494 e. The summed E-state index contributed by atoms with van der Waals surface area (Å²) >= 11 is 0. The Morgan fingerprint density at radius 3 is 2.75 bits per heavy atom. The zero-order valence-corrected chi connectivity index (χ0v) is 12.3. The number of carbonyl (C=O) groups excluding carboxylic acids is 1. The van der Waals surface area contributed by atoms with Gasteiger partial charge in [-0.05, 0) is 38.9 Å². The molecule has 1 fully saturated rings. The Balaban J connectivity index is 2.03. The van der Waals surface area contributed by atoms with Crippen molar-refractivity contribution in [1.82, 2.24) is 4.90 Å². The number of carbonyl (C=O) groups is 1. The zero-order chi connectivity index (χ0) is 14.7. The molecule has 1 saturated carbocycles. The SMILES string of the molecule is COc1cc(N)ccc1NC(=O)C(C)N(C)C1CCC1. The molecule has 1 aromatic carbocycles. The molecule has 1 aromatic rings. The number of likely N-dealkylation sites (N-methyl/N-ethyl adjacent to an activating group) is 1. The second kappa shape index (κ2) is 6.13. The summed E-state index contributed by atoms with van der Waals surface area (Å²) in [6, 6.07) is 5.59. The molecule has 0 bridgehead atoms. The molecule has 1 atom stereocenters. The quantitative estimate of drug-likeness (QED) is 0.809. The lowest BCUT2D eigenvalue weighted by atomic mass is 9.91. The van der Waals surface area contributed by atoms with Crippen molar-refractivity contribution in [3.8, 4) is 5.75 Å². The number of hydrogen-bond acceptors (Lipinski definition) is 4. The zero-order valence-electron chi connectivity index (χ0n) is 12.3. The number of ether oxygens (including phenoxy) is 1. The normalized spacial score (nSPS) is 16.6. The van der Waals surface area contributed by atoms with E-state index in [0.717, 1.165) is 0 Å². The van der Waals surface area contributed by atoms with Crippen LogP contribution < -0.4 is 15.8 Å². The van der Waals surface area contributed by atoms with Crippen LogP contribution in [0.5, 0.6) is 5.75 Å². The number of nitrogens with two attached hydrogens (primary N) is 1. The van der Waals surface area contributed by atoms with Gasteiger partial charge in [0.1, 0.15) is 5.75 Å². The van der Waals surface area contributed by atoms with Gasteiger partial charge in [-0.15, -0.1) is 0 Å². The summed E-state index contributed by atoms with van der Waals surface area (Å²) in [6.07, 6.45) is 3.62. The van der Waals surface area contributed by atoms with Crippen molar-refractivity contribution in [3.05, 3.63) is 18.2 Å². The fraction of sp³-hybridized carbons (Fsp3) is 0.533. The molecular weight excluding hydrogens is 254 g/mol. The van der Waals surface area contributed by atoms with Gasteiger partial charge in [0.25, 0.3) is 0 Å². The predicted octanol–water partition coefficient (Wildman–Crippen LogP) is 2.09. The third kappa shape index (κ3) is 3.04. The Morgan fingerprint density at radius 2 is 2.20 bits per heavy atom. The highest BCUT2D eigenvalue weighted by Crippen LogP contribution is 2.28. The van der Waals surface area contributed by atoms with Crippen molar-refractivity contribution in [2.24, 2.45) is 0 Å². The molecule has 0 aliphatic heterocycles. The van der Waals surface area contributed by atoms with E-state index in [0.29, 0.717) is 23.2 Å². The van der Waals surface area contributed by atoms with Gasteiger partial charge in [-0.2, -0.15) is 0 Å². The molecule has 3 N–H and O–H groups in total. The first kappa shape index (κ1) is 14.7. The van der Waals surface area contributed by atoms with Crippen molar-refractivity contribution < 1.29 is 9.53 Å². The molecule has 1 unspecified atom stereocenters. The molecule has 1 aliphatic rings. The number of nitrogens with zero attached hydrogens (tertiary/aromatic N) is 1. The van der Waals surface area contributed by atoms with E-state index in [2.05, 4.69) is 10.2 Å². The van der Waals surface area contributed by atoms with Crippen LogP contribution in [0.2, 0.25) is 0 Å². The molecule has 0 radical (unpaired) electrons. The summed E-state index contributed by atoms with van der Waals surface area (Å²) in [6.45, 7) is 1.93. The Kier molecular flexibility index (Phi) is 4.49. The lowest BCUT2D eigenvalue weighted by Crippen LogP contribution is -2.47. The van der Waals surface area contributed by atoms with E-state index < -0.39 is 0 Å². The maximum Gasteiger partial charge on any atom is 0.241 e. The number of nitrogens with one attached hydrogen (secondary N) is 1. The van der Waals surface area contributed by atoms with E-state index >= 15 is 0 Å². The smallest absolute Gasteiger partial charge is 0.241 e. The van der Waals surface area contributed by atoms with E-state index in [1.54, 1.807) is 25.3 Å². The molecule has 1 amide bonds. The summed E-state index contributed by atoms with van der Waals surface area (Å²) < 4.78 is 5.24. The third-order valence-electron chi connectivity index (χ3n) is 4.12. The average molecular weight is 277 g/mol. The number of rotatable bonds is 5. The second-order valence-electron chi connectivity index (χ2n) is 5.38. The number of hydrogen-bond donors (Lipinski definition) is 2. The van der Waals surface area contributed by atoms with Crippen molar-refractivity contribution in [2.75, 3.05) is 25.2 Å². The van der Waals surface area contributed by atoms with Gasteiger partial charge in [0, 0.05) is 17.8 Å². The number of nitrogen functional groups attached to an aromatic ring is 1. The predicted molar refractivity (Wildman–Crippen MR) is 80.9 cm³/mol. The molecule has 110 valence electrons. The summed E-state index contributed by atoms with van der Waals surface area (Å²) in [7, 11) is 3.57. The van der Waals surface area contributed by atoms with Gasteiger partial charge >= 0.3 is 0 Å². The standard InChI is InChI=1S/C15H23N3O2/c1-10(18(2)12-5-4-6-12)15(19)17-13-8-7-11(16)9-14(13)20-3/h7-10,12H,4-6,16H2,1-3H3,(H,17,19). The first-order valence-corrected chi connectivity index (χ1v) is 6.99. The Morgan fingerprint density at radius 1 is 1.50 bits per heavy atom. The van der Waals surface area contributed by atoms with E-state index in [1.165, 1.54) is 19.3 Å². The van der Waals surface area contributed by atoms with E-state index in [4.69, 9.17) is 10.5 Å². The van der Waals surface area contributed by atoms with Gasteiger partial charge in [0.2, 0.25) is 5.91 Å². The topological polar surface area (TPSA) is 67.6 Å². The van der Waals surface area contributed by atoms with Gasteiger partial charge in [-0.25, -0.2) is 0 Å². The summed E-state index contributed by atoms with van der Waals surface area (Å²) in [5.41, 5.74) is 6.97. The number of anilines is 2. The molecule has 0 spiro atoms. The maximum atomic E-state index is 12.3. The third-order valence-corrected chi connectivity index (χ3v) is 4.12. The Labute approximate surface area is 120 Å². The molecule has 5 heteroatoms. The van der Waals surface area contributed by atoms with Crippen molar-refractivity contribution in [1.29, 1.82) is 0 Å². The van der Waals surface area contributed by atoms with Gasteiger partial charge in [-0.3, -0.25) is 9.69 Å². The van der Waals surface area contributed by atoms with Crippen LogP contribution in [0.3, 0.4) is 0 Å². The van der Waals surface area contributed by atoms with Crippen LogP contribution in [0, 0.1) is 0 Å². The monoisotopic (exact) mass is 277 g/mol. The van der Waals surface area contributed by atoms with Gasteiger partial charge < -0.3 is 15.8 Å². The Bertz CT molecular complexity index is 486. The average Bonchev–Trinajstić information content (AvgIpc) is 2.37. The highest BCUT2D eigenvalue weighted by molar-refractivity contribution is 5.96. The Hall–Kier alpha value is -1.75. The molecule has 0 saturated heterocycles. The molecule has 2 rings (SSSR count). The lowest BCUT2D eigenvalue weighted by molar-refractivity contribution is -0.121. The number of methoxy groups -OCH3 is 1. The molecule has 5 nitrogen and oxygen atoms in total. The van der Waals surface area contributed by atoms with Crippen molar-refractivity contribution in [3.63, 3.8) is 0 Å². The summed E-state index contributed by atoms with van der Waals surface area (Å²) in [5, 5.41) is 2.91. The van der Waals surface area contributed by atoms with E-state index in [1.807, 2.05) is 14.0 Å². The van der Waals surface area contributed by atoms with E-state index in [9.17, 15) is 4.79 Å². The summed E-state index contributed by atoms with van der Waals surface area (Å²) in [5.74, 6) is 0.555. The summed E-state index contributed by atoms with van der Waals surface area (Å²) in [4.78, 5) is 14.5. The van der Waals surface area contributed by atoms with Crippen LogP contribution in [-0.2, 0) is 4.79 Å². The second-order valence-corrected chi connectivity index (χ2v) is 5.38. The highest BCUT2D eigenvalue weighted by Gasteiger charge is 2.29. The number of amides is 1. The maximum absolute atomic E-state index is 12.3. The van der Waals surface area contributed by atoms with Crippen molar-refractivity contribution in [2.45, 2.75) is 38.3 Å². The molecule has 0 aromatic heterocycles. The van der Waals surface area contributed by atoms with Crippen LogP contribution >= 0.6 is 0 Å². The van der Waals surface area contributed by atoms with Gasteiger partial charge in [0.05, 0.1) is 18.8 Å². The van der Waals surface area contributed by atoms with Gasteiger partial charge in [-0.1, -0.05) is 6.42 Å². The van der Waals surface area contributed by atoms with E-state index in [-0.39, 0.29) is 11.9 Å². The van der Waals surface area contributed by atoms with Crippen LogP contribution in [0.25, 0.3) is 0 Å². The van der Waals surface area contributed by atoms with Crippen LogP contribution in [0.15, 0.2) is 18.2 Å². The first-order valence-electron chi connectivity index (χ1n) is 6.99. The first-order chi connectivity index (χ1) is 9.52. The molecule has 20 heavy (non-hydrogen) atoms. The largest absolute Gasteiger partial charge is 0.494 e. The molecular formula is C15H23N3O2. The fourth-order valence-corrected chi connectivity index (χ4v) is 2.34. The van der Waals surface area contributed by atoms with Gasteiger partial charge in [0.15, 0.2) is 0 Å². The van der Waals surface area contributed by atoms with Crippen LogP contribution in [-0.4, -0.2) is 37.0 Å². The van der Waals surface area contributed by atoms with Crippen LogP contribution in [0.1, 0.15) is 26.2 Å². The van der Waals surface area contributed by atoms with Crippen LogP contribution in [0.4, 0.5) is 11.4 Å². The molecule has 0 heterocycles. The minimum absolute atomic E-state index is 0.0255. The highest BCUT2D eigenvalue weighted by atomic mass is 16.5. The number of benzene rings is 1. The minimum atomic E-state index is -0.164. The molecule has 1 aliphatic carbocycles. The van der Waals surface area contributed by atoms with Crippen molar-refractivity contribution >= 4 is 17.3 Å². The fourth-order valence-electron chi connectivity index (χ4n) is 2.34.